The van der Waals surface area contributed by atoms with Crippen molar-refractivity contribution in [3.05, 3.63) is 53.6 Å². The second-order valence-corrected chi connectivity index (χ2v) is 11.8. The van der Waals surface area contributed by atoms with Gasteiger partial charge < -0.3 is 24.4 Å². The van der Waals surface area contributed by atoms with Crippen molar-refractivity contribution in [1.29, 1.82) is 0 Å². The van der Waals surface area contributed by atoms with Gasteiger partial charge in [0, 0.05) is 54.4 Å². The van der Waals surface area contributed by atoms with Gasteiger partial charge in [0.25, 0.3) is 0 Å². The van der Waals surface area contributed by atoms with Crippen LogP contribution in [0.1, 0.15) is 74.2 Å². The van der Waals surface area contributed by atoms with E-state index < -0.39 is 5.97 Å². The molecular weight excluding hydrogens is 484 g/mol. The van der Waals surface area contributed by atoms with Gasteiger partial charge in [-0.15, -0.1) is 0 Å². The molecule has 3 aromatic rings. The molecule has 0 bridgehead atoms. The summed E-state index contributed by atoms with van der Waals surface area (Å²) in [5.41, 5.74) is 6.89. The number of carboxylic acids is 1. The quantitative estimate of drug-likeness (QED) is 0.392. The lowest BCUT2D eigenvalue weighted by Crippen LogP contribution is -2.44. The summed E-state index contributed by atoms with van der Waals surface area (Å²) in [6.07, 6.45) is 8.83. The Morgan fingerprint density at radius 3 is 2.38 bits per heavy atom. The predicted octanol–water partition coefficient (Wildman–Crippen LogP) is 6.54. The van der Waals surface area contributed by atoms with Crippen LogP contribution < -0.4 is 4.90 Å². The maximum Gasteiger partial charge on any atom is 0.335 e. The highest BCUT2D eigenvalue weighted by atomic mass is 16.4. The minimum absolute atomic E-state index is 0. The molecule has 0 unspecified atom stereocenters. The smallest absolute Gasteiger partial charge is 0.335 e. The van der Waals surface area contributed by atoms with Crippen molar-refractivity contribution in [1.82, 2.24) is 14.4 Å². The number of nitrogens with zero attached hydrogens (tertiary/aromatic N) is 4. The van der Waals surface area contributed by atoms with Crippen molar-refractivity contribution in [3.8, 4) is 11.3 Å². The maximum absolute atomic E-state index is 11.9. The summed E-state index contributed by atoms with van der Waals surface area (Å²) < 4.78 is 2.45. The van der Waals surface area contributed by atoms with Crippen molar-refractivity contribution in [2.75, 3.05) is 51.7 Å². The molecule has 2 fully saturated rings. The highest BCUT2D eigenvalue weighted by Crippen LogP contribution is 2.47. The van der Waals surface area contributed by atoms with Crippen molar-refractivity contribution in [2.24, 2.45) is 0 Å². The molecule has 3 heterocycles. The zero-order valence-corrected chi connectivity index (χ0v) is 23.0. The molecule has 0 atom stereocenters. The third-order valence-corrected chi connectivity index (χ3v) is 9.43. The molecule has 1 aromatic heterocycles. The number of hydrogen-bond acceptors (Lipinski definition) is 4. The van der Waals surface area contributed by atoms with E-state index >= 15 is 0 Å². The van der Waals surface area contributed by atoms with Crippen LogP contribution in [-0.2, 0) is 6.54 Å². The molecule has 1 N–H and O–H groups in total. The van der Waals surface area contributed by atoms with E-state index in [-0.39, 0.29) is 7.43 Å². The van der Waals surface area contributed by atoms with E-state index in [1.54, 1.807) is 6.07 Å². The number of fused-ring (bicyclic) bond motifs is 5. The first-order valence-electron chi connectivity index (χ1n) is 14.6. The topological polar surface area (TPSA) is 52.0 Å². The monoisotopic (exact) mass is 530 g/mol. The molecular formula is C33H46N4O2. The molecule has 6 heteroatoms. The van der Waals surface area contributed by atoms with Gasteiger partial charge in [-0.1, -0.05) is 51.0 Å². The van der Waals surface area contributed by atoms with Crippen molar-refractivity contribution < 1.29 is 9.90 Å². The van der Waals surface area contributed by atoms with Crippen LogP contribution in [0.5, 0.6) is 0 Å². The van der Waals surface area contributed by atoms with Crippen molar-refractivity contribution in [2.45, 2.75) is 70.9 Å². The fourth-order valence-corrected chi connectivity index (χ4v) is 7.28. The average Bonchev–Trinajstić information content (AvgIpc) is 3.17. The van der Waals surface area contributed by atoms with E-state index in [4.69, 9.17) is 0 Å². The standard InChI is InChI=1S/C32H42N4O2.CH4/c1-33(2)25-14-16-34(17-15-25)18-19-35-20-21-36-29-22-24(32(37)38)12-13-26(29)30(23-8-4-3-5-9-23)31(36)27-10-6-7-11-28(27)35;/h6-7,10-13,22-23,25H,3-5,8-9,14-21H2,1-2H3,(H,37,38);1H4. The molecule has 0 radical (unpaired) electrons. The minimum atomic E-state index is -0.852. The molecule has 1 saturated carbocycles. The van der Waals surface area contributed by atoms with Crippen LogP contribution in [-0.4, -0.2) is 78.3 Å². The van der Waals surface area contributed by atoms with Gasteiger partial charge in [-0.05, 0) is 82.5 Å². The van der Waals surface area contributed by atoms with Gasteiger partial charge in [0.1, 0.15) is 0 Å². The molecule has 0 spiro atoms. The number of carbonyl (C=O) groups is 1. The number of carboxylic acid groups (broad SMARTS) is 1. The predicted molar refractivity (Wildman–Crippen MR) is 162 cm³/mol. The van der Waals surface area contributed by atoms with Crippen LogP contribution in [0.2, 0.25) is 0 Å². The highest BCUT2D eigenvalue weighted by Gasteiger charge is 2.31. The number of hydrogen-bond donors (Lipinski definition) is 1. The average molecular weight is 531 g/mol. The Bertz CT molecular complexity index is 1300. The molecule has 210 valence electrons. The summed E-state index contributed by atoms with van der Waals surface area (Å²) in [6.45, 7) is 6.26. The van der Waals surface area contributed by atoms with Crippen molar-refractivity contribution >= 4 is 22.6 Å². The zero-order valence-electron chi connectivity index (χ0n) is 23.0. The van der Waals surface area contributed by atoms with Crippen LogP contribution in [0.25, 0.3) is 22.2 Å². The largest absolute Gasteiger partial charge is 0.478 e. The van der Waals surface area contributed by atoms with Gasteiger partial charge in [-0.25, -0.2) is 4.79 Å². The number of aromatic nitrogens is 1. The second-order valence-electron chi connectivity index (χ2n) is 11.8. The molecule has 2 aromatic carbocycles. The van der Waals surface area contributed by atoms with Crippen LogP contribution in [0, 0.1) is 0 Å². The first kappa shape index (κ1) is 27.7. The van der Waals surface area contributed by atoms with E-state index in [2.05, 4.69) is 63.7 Å². The minimum Gasteiger partial charge on any atom is -0.478 e. The third kappa shape index (κ3) is 5.33. The first-order valence-corrected chi connectivity index (χ1v) is 14.6. The number of para-hydroxylation sites is 1. The number of piperidine rings is 1. The normalized spacial score (nSPS) is 19.0. The van der Waals surface area contributed by atoms with Crippen LogP contribution >= 0.6 is 0 Å². The number of benzene rings is 2. The highest BCUT2D eigenvalue weighted by molar-refractivity contribution is 5.99. The molecule has 6 nitrogen and oxygen atoms in total. The van der Waals surface area contributed by atoms with E-state index in [1.807, 2.05) is 6.07 Å². The Balaban J connectivity index is 0.00000308. The summed E-state index contributed by atoms with van der Waals surface area (Å²) >= 11 is 0. The van der Waals surface area contributed by atoms with Gasteiger partial charge in [-0.2, -0.15) is 0 Å². The molecule has 1 saturated heterocycles. The SMILES string of the molecule is C.CN(C)C1CCN(CCN2CCn3c(c(C4CCCCC4)c4ccc(C(=O)O)cc43)-c3ccccc32)CC1. The summed E-state index contributed by atoms with van der Waals surface area (Å²) in [7, 11) is 4.41. The van der Waals surface area contributed by atoms with E-state index in [9.17, 15) is 9.90 Å². The molecule has 1 aliphatic carbocycles. The maximum atomic E-state index is 11.9. The Morgan fingerprint density at radius 2 is 1.67 bits per heavy atom. The van der Waals surface area contributed by atoms with Gasteiger partial charge in [0.15, 0.2) is 0 Å². The van der Waals surface area contributed by atoms with Gasteiger partial charge in [0.2, 0.25) is 0 Å². The lowest BCUT2D eigenvalue weighted by atomic mass is 9.81. The van der Waals surface area contributed by atoms with Crippen LogP contribution in [0.15, 0.2) is 42.5 Å². The summed E-state index contributed by atoms with van der Waals surface area (Å²) in [5, 5.41) is 11.0. The molecule has 39 heavy (non-hydrogen) atoms. The van der Waals surface area contributed by atoms with E-state index in [0.717, 1.165) is 31.7 Å². The first-order chi connectivity index (χ1) is 18.5. The Labute approximate surface area is 234 Å². The Hall–Kier alpha value is -2.83. The number of aromatic carboxylic acids is 1. The summed E-state index contributed by atoms with van der Waals surface area (Å²) in [6, 6.07) is 15.5. The van der Waals surface area contributed by atoms with Crippen LogP contribution in [0.3, 0.4) is 0 Å². The summed E-state index contributed by atoms with van der Waals surface area (Å²) in [5.74, 6) is -0.314. The molecule has 0 amide bonds. The Kier molecular flexibility index (Phi) is 8.34. The zero-order chi connectivity index (χ0) is 26.2. The molecule has 2 aliphatic heterocycles. The fraction of sp³-hybridized carbons (Fsp3) is 0.545. The number of rotatable bonds is 6. The Morgan fingerprint density at radius 1 is 0.923 bits per heavy atom. The van der Waals surface area contributed by atoms with E-state index in [0.29, 0.717) is 17.5 Å². The second kappa shape index (κ2) is 11.7. The number of likely N-dealkylation sites (tertiary alicyclic amines) is 1. The van der Waals surface area contributed by atoms with Gasteiger partial charge in [-0.3, -0.25) is 0 Å². The summed E-state index contributed by atoms with van der Waals surface area (Å²) in [4.78, 5) is 19.5. The molecule has 3 aliphatic rings. The van der Waals surface area contributed by atoms with Crippen molar-refractivity contribution in [3.63, 3.8) is 0 Å². The number of anilines is 1. The lowest BCUT2D eigenvalue weighted by Gasteiger charge is -2.36. The lowest BCUT2D eigenvalue weighted by molar-refractivity contribution is 0.0697. The fourth-order valence-electron chi connectivity index (χ4n) is 7.28. The van der Waals surface area contributed by atoms with Crippen LogP contribution in [0.4, 0.5) is 5.69 Å². The van der Waals surface area contributed by atoms with Gasteiger partial charge in [0.05, 0.1) is 11.3 Å². The molecule has 6 rings (SSSR count). The van der Waals surface area contributed by atoms with E-state index in [1.165, 1.54) is 85.9 Å². The van der Waals surface area contributed by atoms with Gasteiger partial charge >= 0.3 is 5.97 Å². The third-order valence-electron chi connectivity index (χ3n) is 9.43.